The van der Waals surface area contributed by atoms with Crippen LogP contribution >= 0.6 is 0 Å². The predicted molar refractivity (Wildman–Crippen MR) is 80.2 cm³/mol. The van der Waals surface area contributed by atoms with Crippen LogP contribution in [0.3, 0.4) is 0 Å². The van der Waals surface area contributed by atoms with E-state index in [1.807, 2.05) is 24.3 Å². The molecule has 0 saturated carbocycles. The summed E-state index contributed by atoms with van der Waals surface area (Å²) in [5.74, 6) is 1.59. The van der Waals surface area contributed by atoms with Crippen molar-refractivity contribution in [2.75, 3.05) is 14.2 Å². The molecule has 21 heavy (non-hydrogen) atoms. The molecule has 1 unspecified atom stereocenters. The van der Waals surface area contributed by atoms with Gasteiger partial charge in [-0.2, -0.15) is 0 Å². The van der Waals surface area contributed by atoms with Crippen molar-refractivity contribution in [3.8, 4) is 5.75 Å². The fourth-order valence-corrected chi connectivity index (χ4v) is 3.24. The number of methoxy groups -OCH3 is 1. The summed E-state index contributed by atoms with van der Waals surface area (Å²) < 4.78 is 10.9. The van der Waals surface area contributed by atoms with Gasteiger partial charge in [-0.25, -0.2) is 4.79 Å². The Balaban J connectivity index is 2.01. The quantitative estimate of drug-likeness (QED) is 0.805. The van der Waals surface area contributed by atoms with Crippen LogP contribution in [0.4, 0.5) is 4.79 Å². The molecule has 2 aromatic rings. The van der Waals surface area contributed by atoms with Gasteiger partial charge in [0.05, 0.1) is 13.2 Å². The highest BCUT2D eigenvalue weighted by molar-refractivity contribution is 5.98. The largest absolute Gasteiger partial charge is 0.496 e. The lowest BCUT2D eigenvalue weighted by Crippen LogP contribution is -2.30. The second-order valence-electron chi connectivity index (χ2n) is 5.44. The van der Waals surface area contributed by atoms with E-state index in [4.69, 9.17) is 9.47 Å². The molecule has 0 aromatic heterocycles. The van der Waals surface area contributed by atoms with Gasteiger partial charge in [-0.05, 0) is 28.7 Å². The van der Waals surface area contributed by atoms with Crippen LogP contribution in [0.2, 0.25) is 0 Å². The molecule has 1 aliphatic carbocycles. The summed E-state index contributed by atoms with van der Waals surface area (Å²) in [4.78, 5) is 13.4. The minimum atomic E-state index is -0.282. The number of hydrogen-bond donors (Lipinski definition) is 0. The summed E-state index contributed by atoms with van der Waals surface area (Å²) in [7, 11) is 3.47. The predicted octanol–water partition coefficient (Wildman–Crippen LogP) is 3.20. The Morgan fingerprint density at radius 1 is 1.29 bits per heavy atom. The number of amides is 1. The van der Waals surface area contributed by atoms with Crippen molar-refractivity contribution >= 4 is 22.9 Å². The summed E-state index contributed by atoms with van der Waals surface area (Å²) >= 11 is 0. The van der Waals surface area contributed by atoms with E-state index in [0.717, 1.165) is 28.9 Å². The highest BCUT2D eigenvalue weighted by Gasteiger charge is 2.36. The van der Waals surface area contributed by atoms with E-state index in [2.05, 4.69) is 12.1 Å². The minimum absolute atomic E-state index is 0.0264. The molecule has 1 fully saturated rings. The van der Waals surface area contributed by atoms with Crippen LogP contribution in [0.25, 0.3) is 16.8 Å². The average molecular weight is 281 g/mol. The number of carbonyl (C=O) groups is 1. The van der Waals surface area contributed by atoms with Gasteiger partial charge in [0.25, 0.3) is 0 Å². The molecular weight excluding hydrogens is 266 g/mol. The van der Waals surface area contributed by atoms with E-state index in [9.17, 15) is 4.79 Å². The first kappa shape index (κ1) is 12.3. The Morgan fingerprint density at radius 3 is 2.95 bits per heavy atom. The Labute approximate surface area is 122 Å². The summed E-state index contributed by atoms with van der Waals surface area (Å²) in [5, 5.41) is 2.28. The van der Waals surface area contributed by atoms with E-state index in [1.54, 1.807) is 19.1 Å². The fraction of sp³-hybridized carbons (Fsp3) is 0.235. The molecule has 0 N–H and O–H groups in total. The minimum Gasteiger partial charge on any atom is -0.496 e. The first-order valence-corrected chi connectivity index (χ1v) is 6.94. The Morgan fingerprint density at radius 2 is 2.14 bits per heavy atom. The van der Waals surface area contributed by atoms with Gasteiger partial charge >= 0.3 is 6.09 Å². The van der Waals surface area contributed by atoms with Crippen molar-refractivity contribution < 1.29 is 14.3 Å². The molecule has 4 rings (SSSR count). The van der Waals surface area contributed by atoms with Crippen molar-refractivity contribution in [2.45, 2.75) is 12.5 Å². The molecule has 1 aliphatic heterocycles. The molecule has 0 bridgehead atoms. The second kappa shape index (κ2) is 4.25. The highest BCUT2D eigenvalue weighted by atomic mass is 16.6. The van der Waals surface area contributed by atoms with E-state index >= 15 is 0 Å². The van der Waals surface area contributed by atoms with Crippen LogP contribution in [0, 0.1) is 0 Å². The van der Waals surface area contributed by atoms with Crippen molar-refractivity contribution in [3.63, 3.8) is 0 Å². The molecular formula is C17H15NO3. The van der Waals surface area contributed by atoms with Gasteiger partial charge in [0.15, 0.2) is 0 Å². The lowest BCUT2D eigenvalue weighted by atomic mass is 9.97. The van der Waals surface area contributed by atoms with Crippen molar-refractivity contribution in [2.24, 2.45) is 0 Å². The smallest absolute Gasteiger partial charge is 0.415 e. The van der Waals surface area contributed by atoms with Gasteiger partial charge < -0.3 is 14.4 Å². The monoisotopic (exact) mass is 281 g/mol. The summed E-state index contributed by atoms with van der Waals surface area (Å²) in [6.45, 7) is 0. The van der Waals surface area contributed by atoms with Crippen LogP contribution in [-0.2, 0) is 11.2 Å². The zero-order valence-electron chi connectivity index (χ0n) is 11.9. The van der Waals surface area contributed by atoms with Crippen LogP contribution in [0.15, 0.2) is 36.1 Å². The molecule has 1 saturated heterocycles. The standard InChI is InChI=1S/C17H15NO3/c1-18-13-8-10-4-3-5-12-14(20-2)7-6-11(16(10)12)9-15(13)21-17(18)19/h3-7,9,13H,8H2,1-2H3. The molecule has 2 aromatic carbocycles. The van der Waals surface area contributed by atoms with Gasteiger partial charge in [-0.3, -0.25) is 0 Å². The normalized spacial score (nSPS) is 19.9. The SMILES string of the molecule is COc1ccc2c3c(cccc13)CC1C(=C2)OC(=O)N1C. The van der Waals surface area contributed by atoms with Crippen LogP contribution in [-0.4, -0.2) is 31.2 Å². The molecule has 4 nitrogen and oxygen atoms in total. The third-order valence-corrected chi connectivity index (χ3v) is 4.34. The van der Waals surface area contributed by atoms with Crippen LogP contribution in [0.1, 0.15) is 11.1 Å². The van der Waals surface area contributed by atoms with Gasteiger partial charge in [-0.1, -0.05) is 24.3 Å². The maximum atomic E-state index is 11.8. The molecule has 2 aliphatic rings. The number of hydrogen-bond acceptors (Lipinski definition) is 3. The van der Waals surface area contributed by atoms with E-state index in [1.165, 1.54) is 10.9 Å². The molecule has 4 heteroatoms. The van der Waals surface area contributed by atoms with E-state index in [-0.39, 0.29) is 12.1 Å². The topological polar surface area (TPSA) is 38.8 Å². The molecule has 1 heterocycles. The average Bonchev–Trinajstić information content (AvgIpc) is 2.67. The summed E-state index contributed by atoms with van der Waals surface area (Å²) in [6, 6.07) is 10.2. The number of carbonyl (C=O) groups excluding carboxylic acids is 1. The van der Waals surface area contributed by atoms with Gasteiger partial charge in [0.2, 0.25) is 0 Å². The number of benzene rings is 2. The molecule has 0 radical (unpaired) electrons. The molecule has 1 amide bonds. The maximum absolute atomic E-state index is 11.8. The first-order chi connectivity index (χ1) is 10.2. The maximum Gasteiger partial charge on any atom is 0.415 e. The fourth-order valence-electron chi connectivity index (χ4n) is 3.24. The highest BCUT2D eigenvalue weighted by Crippen LogP contribution is 2.38. The second-order valence-corrected chi connectivity index (χ2v) is 5.44. The van der Waals surface area contributed by atoms with Crippen molar-refractivity contribution in [1.82, 2.24) is 4.90 Å². The van der Waals surface area contributed by atoms with Crippen molar-refractivity contribution in [1.29, 1.82) is 0 Å². The number of fused-ring (bicyclic) bond motifs is 1. The third kappa shape index (κ3) is 1.65. The van der Waals surface area contributed by atoms with Crippen molar-refractivity contribution in [3.05, 3.63) is 47.2 Å². The number of ether oxygens (including phenoxy) is 2. The lowest BCUT2D eigenvalue weighted by molar-refractivity contribution is 0.173. The number of nitrogens with zero attached hydrogens (tertiary/aromatic N) is 1. The Kier molecular flexibility index (Phi) is 2.48. The zero-order valence-corrected chi connectivity index (χ0v) is 11.9. The van der Waals surface area contributed by atoms with Crippen LogP contribution < -0.4 is 4.74 Å². The zero-order chi connectivity index (χ0) is 14.6. The van der Waals surface area contributed by atoms with E-state index in [0.29, 0.717) is 0 Å². The molecule has 106 valence electrons. The Bertz CT molecular complexity index is 794. The molecule has 0 spiro atoms. The van der Waals surface area contributed by atoms with Gasteiger partial charge in [0.1, 0.15) is 11.5 Å². The molecule has 1 atom stereocenters. The number of likely N-dealkylation sites (N-methyl/N-ethyl adjacent to an activating group) is 1. The summed E-state index contributed by atoms with van der Waals surface area (Å²) in [5.41, 5.74) is 2.28. The third-order valence-electron chi connectivity index (χ3n) is 4.34. The van der Waals surface area contributed by atoms with Gasteiger partial charge in [-0.15, -0.1) is 0 Å². The van der Waals surface area contributed by atoms with Gasteiger partial charge in [0, 0.05) is 18.9 Å². The first-order valence-electron chi connectivity index (χ1n) is 6.94. The van der Waals surface area contributed by atoms with Crippen LogP contribution in [0.5, 0.6) is 5.75 Å². The van der Waals surface area contributed by atoms with E-state index < -0.39 is 0 Å². The lowest BCUT2D eigenvalue weighted by Gasteiger charge is -2.16. The number of rotatable bonds is 1. The Hall–Kier alpha value is -2.49. The summed E-state index contributed by atoms with van der Waals surface area (Å²) in [6.07, 6.45) is 2.45.